The highest BCUT2D eigenvalue weighted by atomic mass is 16.5. The van der Waals surface area contributed by atoms with Crippen LogP contribution >= 0.6 is 0 Å². The minimum absolute atomic E-state index is 0.0553. The Morgan fingerprint density at radius 3 is 2.53 bits per heavy atom. The normalized spacial score (nSPS) is 10.3. The van der Waals surface area contributed by atoms with Crippen LogP contribution < -0.4 is 5.73 Å². The number of rotatable bonds is 5. The summed E-state index contributed by atoms with van der Waals surface area (Å²) in [5.74, 6) is -0.648. The Balaban J connectivity index is 2.64. The van der Waals surface area contributed by atoms with Crippen LogP contribution in [-0.4, -0.2) is 46.8 Å². The van der Waals surface area contributed by atoms with Gasteiger partial charge >= 0.3 is 5.97 Å². The predicted octanol–water partition coefficient (Wildman–Crippen LogP) is 0.104. The molecule has 0 aromatic carbocycles. The van der Waals surface area contributed by atoms with E-state index in [2.05, 4.69) is 5.10 Å². The van der Waals surface area contributed by atoms with Gasteiger partial charge in [-0.3, -0.25) is 14.3 Å². The van der Waals surface area contributed by atoms with Crippen LogP contribution in [0.2, 0.25) is 0 Å². The number of carbonyl (C=O) groups excluding carboxylic acids is 2. The number of aromatic nitrogens is 2. The Morgan fingerprint density at radius 1 is 1.42 bits per heavy atom. The molecule has 0 aliphatic carbocycles. The number of amides is 1. The van der Waals surface area contributed by atoms with Crippen LogP contribution in [-0.2, 0) is 20.9 Å². The van der Waals surface area contributed by atoms with Gasteiger partial charge in [-0.25, -0.2) is 0 Å². The number of anilines is 1. The number of hydrogen-bond acceptors (Lipinski definition) is 5. The molecule has 7 nitrogen and oxygen atoms in total. The fourth-order valence-corrected chi connectivity index (χ4v) is 1.60. The molecule has 0 aliphatic heterocycles. The lowest BCUT2D eigenvalue weighted by molar-refractivity contribution is -0.148. The van der Waals surface area contributed by atoms with Crippen LogP contribution in [0.1, 0.15) is 18.3 Å². The molecule has 0 aliphatic rings. The lowest BCUT2D eigenvalue weighted by Crippen LogP contribution is -2.35. The van der Waals surface area contributed by atoms with Gasteiger partial charge in [0.15, 0.2) is 0 Å². The molecular weight excluding hydrogens is 248 g/mol. The van der Waals surface area contributed by atoms with Gasteiger partial charge in [-0.2, -0.15) is 5.10 Å². The number of likely N-dealkylation sites (N-methyl/N-ethyl adjacent to an activating group) is 1. The van der Waals surface area contributed by atoms with Crippen LogP contribution in [0.15, 0.2) is 0 Å². The highest BCUT2D eigenvalue weighted by Crippen LogP contribution is 2.14. The molecule has 0 unspecified atom stereocenters. The zero-order chi connectivity index (χ0) is 14.6. The summed E-state index contributed by atoms with van der Waals surface area (Å²) < 4.78 is 6.32. The van der Waals surface area contributed by atoms with Gasteiger partial charge in [0, 0.05) is 7.05 Å². The molecule has 1 amide bonds. The Morgan fingerprint density at radius 2 is 2.05 bits per heavy atom. The van der Waals surface area contributed by atoms with E-state index in [9.17, 15) is 9.59 Å². The number of carbonyl (C=O) groups is 2. The maximum atomic E-state index is 11.9. The third kappa shape index (κ3) is 3.70. The van der Waals surface area contributed by atoms with E-state index in [0.717, 1.165) is 5.69 Å². The van der Waals surface area contributed by atoms with Gasteiger partial charge in [-0.05, 0) is 20.8 Å². The zero-order valence-corrected chi connectivity index (χ0v) is 11.8. The van der Waals surface area contributed by atoms with Crippen molar-refractivity contribution in [2.75, 3.05) is 25.9 Å². The Bertz CT molecular complexity index is 482. The molecule has 7 heteroatoms. The van der Waals surface area contributed by atoms with E-state index < -0.39 is 5.97 Å². The summed E-state index contributed by atoms with van der Waals surface area (Å²) in [4.78, 5) is 24.5. The maximum absolute atomic E-state index is 11.9. The topological polar surface area (TPSA) is 90.5 Å². The maximum Gasteiger partial charge on any atom is 0.325 e. The van der Waals surface area contributed by atoms with Crippen LogP contribution in [0, 0.1) is 13.8 Å². The highest BCUT2D eigenvalue weighted by molar-refractivity contribution is 5.81. The van der Waals surface area contributed by atoms with Gasteiger partial charge in [-0.1, -0.05) is 0 Å². The second-order valence-electron chi connectivity index (χ2n) is 4.30. The predicted molar refractivity (Wildman–Crippen MR) is 70.4 cm³/mol. The Hall–Kier alpha value is -2.05. The SMILES string of the molecule is CCOC(=O)CN(C)C(=O)Cn1nc(C)c(N)c1C. The van der Waals surface area contributed by atoms with Gasteiger partial charge in [0.1, 0.15) is 13.1 Å². The van der Waals surface area contributed by atoms with Gasteiger partial charge in [0.25, 0.3) is 0 Å². The number of hydrogen-bond donors (Lipinski definition) is 1. The van der Waals surface area contributed by atoms with E-state index in [1.807, 2.05) is 0 Å². The van der Waals surface area contributed by atoms with E-state index in [1.165, 1.54) is 9.58 Å². The summed E-state index contributed by atoms with van der Waals surface area (Å²) in [6.45, 7) is 5.59. The van der Waals surface area contributed by atoms with E-state index in [0.29, 0.717) is 18.0 Å². The average Bonchev–Trinajstić information content (AvgIpc) is 2.57. The number of esters is 1. The first-order valence-electron chi connectivity index (χ1n) is 6.05. The molecule has 0 spiro atoms. The van der Waals surface area contributed by atoms with Gasteiger partial charge in [-0.15, -0.1) is 0 Å². The third-order valence-corrected chi connectivity index (χ3v) is 2.82. The summed E-state index contributed by atoms with van der Waals surface area (Å²) >= 11 is 0. The molecule has 0 radical (unpaired) electrons. The lowest BCUT2D eigenvalue weighted by atomic mass is 10.3. The fraction of sp³-hybridized carbons (Fsp3) is 0.583. The summed E-state index contributed by atoms with van der Waals surface area (Å²) in [5.41, 5.74) is 7.82. The van der Waals surface area contributed by atoms with Crippen molar-refractivity contribution in [1.29, 1.82) is 0 Å². The van der Waals surface area contributed by atoms with E-state index in [-0.39, 0.29) is 19.0 Å². The number of aryl methyl sites for hydroxylation is 1. The first-order chi connectivity index (χ1) is 8.86. The molecule has 2 N–H and O–H groups in total. The minimum Gasteiger partial charge on any atom is -0.465 e. The molecular formula is C12H20N4O3. The summed E-state index contributed by atoms with van der Waals surface area (Å²) in [5, 5.41) is 4.18. The number of nitrogens with zero attached hydrogens (tertiary/aromatic N) is 3. The largest absolute Gasteiger partial charge is 0.465 e. The Labute approximate surface area is 112 Å². The quantitative estimate of drug-likeness (QED) is 0.765. The van der Waals surface area contributed by atoms with Crippen molar-refractivity contribution < 1.29 is 14.3 Å². The van der Waals surface area contributed by atoms with Crippen LogP contribution in [0.5, 0.6) is 0 Å². The van der Waals surface area contributed by atoms with Crippen molar-refractivity contribution in [1.82, 2.24) is 14.7 Å². The molecule has 1 aromatic heterocycles. The molecule has 0 fully saturated rings. The van der Waals surface area contributed by atoms with Crippen molar-refractivity contribution >= 4 is 17.6 Å². The first kappa shape index (κ1) is 15.0. The van der Waals surface area contributed by atoms with Crippen molar-refractivity contribution in [2.45, 2.75) is 27.3 Å². The highest BCUT2D eigenvalue weighted by Gasteiger charge is 2.16. The van der Waals surface area contributed by atoms with E-state index in [4.69, 9.17) is 10.5 Å². The van der Waals surface area contributed by atoms with Gasteiger partial charge in [0.05, 0.1) is 23.7 Å². The van der Waals surface area contributed by atoms with Gasteiger partial charge in [0.2, 0.25) is 5.91 Å². The van der Waals surface area contributed by atoms with Gasteiger partial charge < -0.3 is 15.4 Å². The second kappa shape index (κ2) is 6.21. The number of nitrogens with two attached hydrogens (primary N) is 1. The fourth-order valence-electron chi connectivity index (χ4n) is 1.60. The van der Waals surface area contributed by atoms with Crippen molar-refractivity contribution in [2.24, 2.45) is 0 Å². The molecule has 1 heterocycles. The molecule has 0 saturated heterocycles. The first-order valence-corrected chi connectivity index (χ1v) is 6.05. The molecule has 0 saturated carbocycles. The number of nitrogen functional groups attached to an aromatic ring is 1. The monoisotopic (exact) mass is 268 g/mol. The average molecular weight is 268 g/mol. The van der Waals surface area contributed by atoms with Crippen molar-refractivity contribution in [3.05, 3.63) is 11.4 Å². The Kier molecular flexibility index (Phi) is 4.91. The molecule has 0 atom stereocenters. The summed E-state index contributed by atoms with van der Waals surface area (Å²) in [6.07, 6.45) is 0. The zero-order valence-electron chi connectivity index (χ0n) is 11.8. The number of ether oxygens (including phenoxy) is 1. The standard InChI is InChI=1S/C12H20N4O3/c1-5-19-11(18)7-15(4)10(17)6-16-9(3)12(13)8(2)14-16/h5-7,13H2,1-4H3. The van der Waals surface area contributed by atoms with Crippen LogP contribution in [0.25, 0.3) is 0 Å². The minimum atomic E-state index is -0.425. The van der Waals surface area contributed by atoms with Crippen LogP contribution in [0.4, 0.5) is 5.69 Å². The summed E-state index contributed by atoms with van der Waals surface area (Å²) in [7, 11) is 1.55. The molecule has 1 rings (SSSR count). The van der Waals surface area contributed by atoms with E-state index in [1.54, 1.807) is 27.8 Å². The summed E-state index contributed by atoms with van der Waals surface area (Å²) in [6, 6.07) is 0. The van der Waals surface area contributed by atoms with Crippen molar-refractivity contribution in [3.63, 3.8) is 0 Å². The molecule has 106 valence electrons. The smallest absolute Gasteiger partial charge is 0.325 e. The lowest BCUT2D eigenvalue weighted by Gasteiger charge is -2.16. The molecule has 19 heavy (non-hydrogen) atoms. The second-order valence-corrected chi connectivity index (χ2v) is 4.30. The van der Waals surface area contributed by atoms with Crippen molar-refractivity contribution in [3.8, 4) is 0 Å². The third-order valence-electron chi connectivity index (χ3n) is 2.82. The van der Waals surface area contributed by atoms with Crippen LogP contribution in [0.3, 0.4) is 0 Å². The molecule has 0 bridgehead atoms. The van der Waals surface area contributed by atoms with E-state index >= 15 is 0 Å². The molecule has 1 aromatic rings.